The fourth-order valence-corrected chi connectivity index (χ4v) is 4.17. The van der Waals surface area contributed by atoms with Crippen LogP contribution in [0.15, 0.2) is 52.2 Å². The third-order valence-electron chi connectivity index (χ3n) is 5.17. The predicted molar refractivity (Wildman–Crippen MR) is 88.5 cm³/mol. The van der Waals surface area contributed by atoms with Gasteiger partial charge >= 0.3 is 0 Å². The number of hydrogen-bond acceptors (Lipinski definition) is 2. The molecule has 0 bridgehead atoms. The predicted octanol–water partition coefficient (Wildman–Crippen LogP) is 4.08. The molecule has 0 saturated heterocycles. The molecule has 1 amide bonds. The first-order valence-corrected chi connectivity index (χ1v) is 8.42. The quantitative estimate of drug-likeness (QED) is 0.730. The maximum Gasteiger partial charge on any atom is 0.273 e. The highest BCUT2D eigenvalue weighted by Crippen LogP contribution is 2.41. The number of fused-ring (bicyclic) bond motifs is 2. The Morgan fingerprint density at radius 1 is 1.23 bits per heavy atom. The first kappa shape index (κ1) is 14.0. The maximum absolute atomic E-state index is 12.5. The Labute approximate surface area is 135 Å². The number of carbonyl (C=O) groups excluding carboxylic acids is 1. The summed E-state index contributed by atoms with van der Waals surface area (Å²) in [5.41, 5.74) is 0.794. The molecule has 1 atom stereocenters. The number of aliphatic imine (C=N–C) groups is 1. The largest absolute Gasteiger partial charge is 0.317 e. The van der Waals surface area contributed by atoms with Gasteiger partial charge in [0.15, 0.2) is 0 Å². The molecule has 22 heavy (non-hydrogen) atoms. The van der Waals surface area contributed by atoms with Crippen molar-refractivity contribution in [1.29, 1.82) is 0 Å². The zero-order chi connectivity index (χ0) is 15.2. The van der Waals surface area contributed by atoms with Crippen LogP contribution in [0.3, 0.4) is 0 Å². The Hall–Kier alpha value is -1.61. The fourth-order valence-electron chi connectivity index (χ4n) is 3.93. The van der Waals surface area contributed by atoms with Crippen LogP contribution in [0.4, 0.5) is 0 Å². The number of amides is 1. The molecular weight excluding hydrogens is 296 g/mol. The summed E-state index contributed by atoms with van der Waals surface area (Å²) in [6.07, 6.45) is 18.4. The lowest BCUT2D eigenvalue weighted by Crippen LogP contribution is -2.50. The van der Waals surface area contributed by atoms with E-state index in [1.807, 2.05) is 18.2 Å². The molecule has 1 spiro atoms. The molecule has 0 aromatic heterocycles. The Balaban J connectivity index is 1.66. The van der Waals surface area contributed by atoms with Gasteiger partial charge in [0.05, 0.1) is 0 Å². The topological polar surface area (TPSA) is 32.7 Å². The van der Waals surface area contributed by atoms with Gasteiger partial charge < -0.3 is 4.90 Å². The van der Waals surface area contributed by atoms with Gasteiger partial charge in [-0.2, -0.15) is 4.99 Å². The van der Waals surface area contributed by atoms with Gasteiger partial charge in [0, 0.05) is 17.2 Å². The number of carbonyl (C=O) groups is 1. The van der Waals surface area contributed by atoms with Crippen LogP contribution >= 0.6 is 11.6 Å². The number of amidine groups is 1. The average molecular weight is 315 g/mol. The molecule has 1 saturated carbocycles. The average Bonchev–Trinajstić information content (AvgIpc) is 2.80. The number of halogens is 1. The normalized spacial score (nSPS) is 29.3. The van der Waals surface area contributed by atoms with Crippen molar-refractivity contribution in [3.8, 4) is 0 Å². The van der Waals surface area contributed by atoms with E-state index in [-0.39, 0.29) is 11.8 Å². The first-order valence-electron chi connectivity index (χ1n) is 8.04. The molecular formula is C18H19ClN2O. The standard InChI is InChI=1S/C18H19ClN2O/c19-15-6-4-5-13(11-15)14-7-8-16-20-17(22)18(21(16)12-14)9-2-1-3-10-18/h4-8,12-13H,1-3,9-11H2. The van der Waals surface area contributed by atoms with Crippen molar-refractivity contribution in [3.05, 3.63) is 47.2 Å². The Kier molecular flexibility index (Phi) is 3.33. The van der Waals surface area contributed by atoms with Gasteiger partial charge in [0.2, 0.25) is 0 Å². The summed E-state index contributed by atoms with van der Waals surface area (Å²) in [4.78, 5) is 19.0. The molecule has 4 aliphatic rings. The van der Waals surface area contributed by atoms with E-state index in [1.54, 1.807) is 0 Å². The number of nitrogens with zero attached hydrogens (tertiary/aromatic N) is 2. The van der Waals surface area contributed by atoms with Crippen LogP contribution in [-0.4, -0.2) is 22.2 Å². The second kappa shape index (κ2) is 5.24. The van der Waals surface area contributed by atoms with Crippen LogP contribution in [0.5, 0.6) is 0 Å². The Bertz CT molecular complexity index is 663. The minimum atomic E-state index is -0.415. The number of rotatable bonds is 1. The van der Waals surface area contributed by atoms with Gasteiger partial charge in [-0.1, -0.05) is 49.1 Å². The van der Waals surface area contributed by atoms with Gasteiger partial charge in [0.25, 0.3) is 5.91 Å². The molecule has 0 radical (unpaired) electrons. The van der Waals surface area contributed by atoms with E-state index < -0.39 is 5.54 Å². The van der Waals surface area contributed by atoms with E-state index in [1.165, 1.54) is 12.0 Å². The van der Waals surface area contributed by atoms with Crippen molar-refractivity contribution in [2.45, 2.75) is 44.1 Å². The second-order valence-electron chi connectivity index (χ2n) is 6.51. The van der Waals surface area contributed by atoms with Crippen molar-refractivity contribution in [2.75, 3.05) is 0 Å². The van der Waals surface area contributed by atoms with E-state index in [0.717, 1.165) is 43.0 Å². The van der Waals surface area contributed by atoms with Crippen LogP contribution in [-0.2, 0) is 4.79 Å². The summed E-state index contributed by atoms with van der Waals surface area (Å²) in [6.45, 7) is 0. The van der Waals surface area contributed by atoms with E-state index >= 15 is 0 Å². The van der Waals surface area contributed by atoms with Gasteiger partial charge in [-0.3, -0.25) is 4.79 Å². The molecule has 114 valence electrons. The van der Waals surface area contributed by atoms with Crippen molar-refractivity contribution in [1.82, 2.24) is 4.90 Å². The minimum absolute atomic E-state index is 0.0430. The second-order valence-corrected chi connectivity index (χ2v) is 6.99. The summed E-state index contributed by atoms with van der Waals surface area (Å²) in [5, 5.41) is 0.881. The third-order valence-corrected chi connectivity index (χ3v) is 5.45. The molecule has 2 aliphatic heterocycles. The molecule has 4 heteroatoms. The van der Waals surface area contributed by atoms with Crippen LogP contribution in [0, 0.1) is 5.92 Å². The lowest BCUT2D eigenvalue weighted by molar-refractivity contribution is -0.126. The molecule has 4 rings (SSSR count). The molecule has 2 aliphatic carbocycles. The van der Waals surface area contributed by atoms with Crippen molar-refractivity contribution >= 4 is 23.3 Å². The highest BCUT2D eigenvalue weighted by Gasteiger charge is 2.50. The van der Waals surface area contributed by atoms with Gasteiger partial charge in [0.1, 0.15) is 11.4 Å². The zero-order valence-corrected chi connectivity index (χ0v) is 13.2. The van der Waals surface area contributed by atoms with E-state index in [2.05, 4.69) is 28.2 Å². The lowest BCUT2D eigenvalue weighted by Gasteiger charge is -2.40. The molecule has 3 nitrogen and oxygen atoms in total. The number of allylic oxidation sites excluding steroid dienone is 6. The fraction of sp³-hybridized carbons (Fsp3) is 0.444. The van der Waals surface area contributed by atoms with E-state index in [9.17, 15) is 4.79 Å². The molecule has 1 fully saturated rings. The number of hydrogen-bond donors (Lipinski definition) is 0. The van der Waals surface area contributed by atoms with Crippen LogP contribution < -0.4 is 0 Å². The van der Waals surface area contributed by atoms with E-state index in [0.29, 0.717) is 0 Å². The zero-order valence-electron chi connectivity index (χ0n) is 12.5. The van der Waals surface area contributed by atoms with Crippen molar-refractivity contribution < 1.29 is 4.79 Å². The van der Waals surface area contributed by atoms with Crippen LogP contribution in [0.25, 0.3) is 0 Å². The first-order chi connectivity index (χ1) is 10.7. The maximum atomic E-state index is 12.5. The summed E-state index contributed by atoms with van der Waals surface area (Å²) in [7, 11) is 0. The summed E-state index contributed by atoms with van der Waals surface area (Å²) >= 11 is 6.17. The molecule has 0 aromatic carbocycles. The Morgan fingerprint density at radius 3 is 2.82 bits per heavy atom. The lowest BCUT2D eigenvalue weighted by atomic mass is 9.79. The van der Waals surface area contributed by atoms with Crippen LogP contribution in [0.2, 0.25) is 0 Å². The monoisotopic (exact) mass is 314 g/mol. The smallest absolute Gasteiger partial charge is 0.273 e. The van der Waals surface area contributed by atoms with Crippen molar-refractivity contribution in [2.24, 2.45) is 10.9 Å². The third kappa shape index (κ3) is 2.11. The molecule has 1 unspecified atom stereocenters. The van der Waals surface area contributed by atoms with Gasteiger partial charge in [-0.05, 0) is 37.0 Å². The van der Waals surface area contributed by atoms with E-state index in [4.69, 9.17) is 11.6 Å². The molecule has 2 heterocycles. The minimum Gasteiger partial charge on any atom is -0.317 e. The summed E-state index contributed by atoms with van der Waals surface area (Å²) in [6, 6.07) is 0. The summed E-state index contributed by atoms with van der Waals surface area (Å²) < 4.78 is 0. The molecule has 0 N–H and O–H groups in total. The summed E-state index contributed by atoms with van der Waals surface area (Å²) in [5.74, 6) is 1.13. The Morgan fingerprint density at radius 2 is 2.05 bits per heavy atom. The van der Waals surface area contributed by atoms with Gasteiger partial charge in [-0.25, -0.2) is 0 Å². The molecule has 0 aromatic rings. The van der Waals surface area contributed by atoms with Gasteiger partial charge in [-0.15, -0.1) is 0 Å². The van der Waals surface area contributed by atoms with Crippen molar-refractivity contribution in [3.63, 3.8) is 0 Å². The highest BCUT2D eigenvalue weighted by molar-refractivity contribution is 6.29. The SMILES string of the molecule is O=C1N=C2C=CC(C3C=CC=C(Cl)C3)=CN2C12CCCCC2. The van der Waals surface area contributed by atoms with Crippen LogP contribution in [0.1, 0.15) is 38.5 Å². The highest BCUT2D eigenvalue weighted by atomic mass is 35.5.